The van der Waals surface area contributed by atoms with E-state index in [-0.39, 0.29) is 5.91 Å². The van der Waals surface area contributed by atoms with Gasteiger partial charge in [0.25, 0.3) is 5.91 Å². The summed E-state index contributed by atoms with van der Waals surface area (Å²) in [5.74, 6) is -0.181. The second-order valence-corrected chi connectivity index (χ2v) is 5.78. The fourth-order valence-electron chi connectivity index (χ4n) is 2.61. The molecule has 0 aliphatic carbocycles. The van der Waals surface area contributed by atoms with Crippen LogP contribution in [0, 0.1) is 0 Å². The highest BCUT2D eigenvalue weighted by atomic mass is 16.1. The Balaban J connectivity index is 1.42. The standard InChI is InChI=1S/C19H16N6O/c26-19(16-6-8-18(9-7-16)24-13-20-21-14-24)23-17-10-22-25(12-17)11-15-4-2-1-3-5-15/h1-10,12-14H,11H2,(H,23,26). The maximum atomic E-state index is 12.4. The van der Waals surface area contributed by atoms with E-state index in [0.29, 0.717) is 17.8 Å². The van der Waals surface area contributed by atoms with Crippen molar-refractivity contribution in [2.75, 3.05) is 5.32 Å². The molecule has 128 valence electrons. The minimum absolute atomic E-state index is 0.181. The van der Waals surface area contributed by atoms with Gasteiger partial charge in [-0.2, -0.15) is 5.10 Å². The number of hydrogen-bond acceptors (Lipinski definition) is 4. The van der Waals surface area contributed by atoms with Crippen molar-refractivity contribution in [3.63, 3.8) is 0 Å². The summed E-state index contributed by atoms with van der Waals surface area (Å²) < 4.78 is 3.56. The minimum Gasteiger partial charge on any atom is -0.319 e. The first-order chi connectivity index (χ1) is 12.8. The van der Waals surface area contributed by atoms with Gasteiger partial charge < -0.3 is 5.32 Å². The maximum absolute atomic E-state index is 12.4. The van der Waals surface area contributed by atoms with Crippen molar-refractivity contribution in [1.29, 1.82) is 0 Å². The van der Waals surface area contributed by atoms with E-state index in [9.17, 15) is 4.79 Å². The van der Waals surface area contributed by atoms with Crippen molar-refractivity contribution in [1.82, 2.24) is 24.5 Å². The summed E-state index contributed by atoms with van der Waals surface area (Å²) in [7, 11) is 0. The Kier molecular flexibility index (Phi) is 4.26. The summed E-state index contributed by atoms with van der Waals surface area (Å²) in [4.78, 5) is 12.4. The van der Waals surface area contributed by atoms with Crippen molar-refractivity contribution in [2.45, 2.75) is 6.54 Å². The number of hydrogen-bond donors (Lipinski definition) is 1. The first kappa shape index (κ1) is 15.8. The molecule has 1 N–H and O–H groups in total. The maximum Gasteiger partial charge on any atom is 0.255 e. The number of nitrogens with zero attached hydrogens (tertiary/aromatic N) is 5. The molecular weight excluding hydrogens is 328 g/mol. The van der Waals surface area contributed by atoms with Crippen LogP contribution in [0.5, 0.6) is 0 Å². The molecule has 0 unspecified atom stereocenters. The lowest BCUT2D eigenvalue weighted by atomic mass is 10.2. The average Bonchev–Trinajstić information content (AvgIpc) is 3.35. The Bertz CT molecular complexity index is 990. The third-order valence-corrected chi connectivity index (χ3v) is 3.92. The summed E-state index contributed by atoms with van der Waals surface area (Å²) in [6.07, 6.45) is 6.68. The normalized spacial score (nSPS) is 10.6. The predicted octanol–water partition coefficient (Wildman–Crippen LogP) is 2.76. The summed E-state index contributed by atoms with van der Waals surface area (Å²) in [5.41, 5.74) is 3.27. The predicted molar refractivity (Wildman–Crippen MR) is 97.1 cm³/mol. The molecule has 0 fully saturated rings. The molecule has 4 aromatic rings. The number of carbonyl (C=O) groups excluding carboxylic acids is 1. The highest BCUT2D eigenvalue weighted by molar-refractivity contribution is 6.04. The molecule has 4 rings (SSSR count). The molecule has 0 atom stereocenters. The molecule has 0 aliphatic rings. The van der Waals surface area contributed by atoms with Crippen LogP contribution in [0.2, 0.25) is 0 Å². The number of nitrogens with one attached hydrogen (secondary N) is 1. The number of anilines is 1. The summed E-state index contributed by atoms with van der Waals surface area (Å²) in [6.45, 7) is 0.657. The third kappa shape index (κ3) is 3.51. The Morgan fingerprint density at radius 3 is 2.42 bits per heavy atom. The van der Waals surface area contributed by atoms with Crippen molar-refractivity contribution in [3.8, 4) is 5.69 Å². The highest BCUT2D eigenvalue weighted by Crippen LogP contribution is 2.12. The van der Waals surface area contributed by atoms with Gasteiger partial charge in [-0.05, 0) is 29.8 Å². The van der Waals surface area contributed by atoms with Crippen LogP contribution in [-0.4, -0.2) is 30.5 Å². The molecule has 0 bridgehead atoms. The Morgan fingerprint density at radius 1 is 0.962 bits per heavy atom. The van der Waals surface area contributed by atoms with Crippen LogP contribution < -0.4 is 5.32 Å². The van der Waals surface area contributed by atoms with Crippen LogP contribution >= 0.6 is 0 Å². The van der Waals surface area contributed by atoms with E-state index < -0.39 is 0 Å². The van der Waals surface area contributed by atoms with Crippen LogP contribution in [0.25, 0.3) is 5.69 Å². The van der Waals surface area contributed by atoms with Gasteiger partial charge in [0.2, 0.25) is 0 Å². The van der Waals surface area contributed by atoms with Crippen molar-refractivity contribution < 1.29 is 4.79 Å². The SMILES string of the molecule is O=C(Nc1cnn(Cc2ccccc2)c1)c1ccc(-n2cnnc2)cc1. The Hall–Kier alpha value is -3.74. The molecule has 0 saturated carbocycles. The molecular formula is C19H16N6O. The van der Waals surface area contributed by atoms with Crippen LogP contribution in [0.3, 0.4) is 0 Å². The molecule has 0 spiro atoms. The largest absolute Gasteiger partial charge is 0.319 e. The zero-order chi connectivity index (χ0) is 17.8. The van der Waals surface area contributed by atoms with Gasteiger partial charge >= 0.3 is 0 Å². The summed E-state index contributed by atoms with van der Waals surface area (Å²) in [6, 6.07) is 17.3. The zero-order valence-corrected chi connectivity index (χ0v) is 13.9. The summed E-state index contributed by atoms with van der Waals surface area (Å²) in [5, 5.41) is 14.7. The Morgan fingerprint density at radius 2 is 1.69 bits per heavy atom. The van der Waals surface area contributed by atoms with Gasteiger partial charge in [-0.15, -0.1) is 10.2 Å². The molecule has 1 amide bonds. The number of benzene rings is 2. The van der Waals surface area contributed by atoms with Gasteiger partial charge in [0.05, 0.1) is 18.4 Å². The van der Waals surface area contributed by atoms with Gasteiger partial charge in [0.1, 0.15) is 12.7 Å². The Labute approximate surface area is 149 Å². The van der Waals surface area contributed by atoms with Gasteiger partial charge in [-0.3, -0.25) is 14.0 Å². The lowest BCUT2D eigenvalue weighted by Crippen LogP contribution is -2.11. The molecule has 0 aliphatic heterocycles. The van der Waals surface area contributed by atoms with Crippen LogP contribution in [0.15, 0.2) is 79.6 Å². The van der Waals surface area contributed by atoms with Crippen LogP contribution in [0.1, 0.15) is 15.9 Å². The van der Waals surface area contributed by atoms with Crippen LogP contribution in [0.4, 0.5) is 5.69 Å². The molecule has 2 aromatic heterocycles. The summed E-state index contributed by atoms with van der Waals surface area (Å²) >= 11 is 0. The van der Waals surface area contributed by atoms with E-state index in [1.165, 1.54) is 0 Å². The lowest BCUT2D eigenvalue weighted by Gasteiger charge is -2.05. The van der Waals surface area contributed by atoms with Crippen LogP contribution in [-0.2, 0) is 6.54 Å². The van der Waals surface area contributed by atoms with Gasteiger partial charge in [-0.1, -0.05) is 30.3 Å². The van der Waals surface area contributed by atoms with Crippen molar-refractivity contribution in [3.05, 3.63) is 90.8 Å². The van der Waals surface area contributed by atoms with Gasteiger partial charge in [0.15, 0.2) is 0 Å². The smallest absolute Gasteiger partial charge is 0.255 e. The molecule has 0 radical (unpaired) electrons. The van der Waals surface area contributed by atoms with Crippen molar-refractivity contribution >= 4 is 11.6 Å². The van der Waals surface area contributed by atoms with E-state index >= 15 is 0 Å². The second-order valence-electron chi connectivity index (χ2n) is 5.78. The fraction of sp³-hybridized carbons (Fsp3) is 0.0526. The zero-order valence-electron chi connectivity index (χ0n) is 13.9. The number of rotatable bonds is 5. The van der Waals surface area contributed by atoms with E-state index in [1.807, 2.05) is 48.7 Å². The molecule has 7 nitrogen and oxygen atoms in total. The average molecular weight is 344 g/mol. The number of amides is 1. The minimum atomic E-state index is -0.181. The van der Waals surface area contributed by atoms with Gasteiger partial charge in [0, 0.05) is 17.4 Å². The topological polar surface area (TPSA) is 77.6 Å². The fourth-order valence-corrected chi connectivity index (χ4v) is 2.61. The van der Waals surface area contributed by atoms with E-state index in [2.05, 4.69) is 20.6 Å². The highest BCUT2D eigenvalue weighted by Gasteiger charge is 2.08. The third-order valence-electron chi connectivity index (χ3n) is 3.92. The van der Waals surface area contributed by atoms with E-state index in [1.54, 1.807) is 40.2 Å². The molecule has 2 heterocycles. The van der Waals surface area contributed by atoms with E-state index in [0.717, 1.165) is 11.3 Å². The monoisotopic (exact) mass is 344 g/mol. The molecule has 2 aromatic carbocycles. The number of aromatic nitrogens is 5. The quantitative estimate of drug-likeness (QED) is 0.604. The molecule has 7 heteroatoms. The first-order valence-electron chi connectivity index (χ1n) is 8.11. The molecule has 0 saturated heterocycles. The van der Waals surface area contributed by atoms with Crippen molar-refractivity contribution in [2.24, 2.45) is 0 Å². The van der Waals surface area contributed by atoms with E-state index in [4.69, 9.17) is 0 Å². The van der Waals surface area contributed by atoms with Gasteiger partial charge in [-0.25, -0.2) is 0 Å². The number of carbonyl (C=O) groups is 1. The molecule has 26 heavy (non-hydrogen) atoms. The second kappa shape index (κ2) is 7.02. The first-order valence-corrected chi connectivity index (χ1v) is 8.11. The lowest BCUT2D eigenvalue weighted by molar-refractivity contribution is 0.102.